The SMILES string of the molecule is C[C@@H](COc1ccnc2c1[C@H](C)CCC2(F)F)CC1Cc2ccccc2C12CCC(Nc1cccc(Cl)c1)(C(=O)O)CC2. The van der Waals surface area contributed by atoms with Crippen LogP contribution in [0.5, 0.6) is 5.75 Å². The van der Waals surface area contributed by atoms with Crippen LogP contribution in [0.3, 0.4) is 0 Å². The van der Waals surface area contributed by atoms with Gasteiger partial charge in [0.2, 0.25) is 0 Å². The van der Waals surface area contributed by atoms with Gasteiger partial charge >= 0.3 is 5.97 Å². The van der Waals surface area contributed by atoms with Gasteiger partial charge in [-0.1, -0.05) is 55.8 Å². The maximum absolute atomic E-state index is 14.6. The molecule has 0 aliphatic heterocycles. The van der Waals surface area contributed by atoms with E-state index in [9.17, 15) is 18.7 Å². The van der Waals surface area contributed by atoms with Crippen molar-refractivity contribution < 1.29 is 23.4 Å². The number of hydrogen-bond donors (Lipinski definition) is 2. The monoisotopic (exact) mass is 608 g/mol. The molecule has 3 aliphatic rings. The number of ether oxygens (including phenoxy) is 1. The summed E-state index contributed by atoms with van der Waals surface area (Å²) in [5.41, 5.74) is 2.61. The molecule has 1 aromatic heterocycles. The Labute approximate surface area is 257 Å². The third kappa shape index (κ3) is 5.50. The van der Waals surface area contributed by atoms with Crippen LogP contribution in [0.1, 0.15) is 87.1 Å². The van der Waals surface area contributed by atoms with Crippen molar-refractivity contribution in [1.29, 1.82) is 0 Å². The summed E-state index contributed by atoms with van der Waals surface area (Å²) in [7, 11) is 0. The molecule has 43 heavy (non-hydrogen) atoms. The van der Waals surface area contributed by atoms with Gasteiger partial charge in [-0.05, 0) is 104 Å². The molecule has 0 bridgehead atoms. The van der Waals surface area contributed by atoms with Crippen LogP contribution in [0.4, 0.5) is 14.5 Å². The molecule has 3 aromatic rings. The molecule has 1 saturated carbocycles. The van der Waals surface area contributed by atoms with Crippen LogP contribution in [0.2, 0.25) is 5.02 Å². The van der Waals surface area contributed by atoms with Crippen LogP contribution in [-0.2, 0) is 22.6 Å². The Morgan fingerprint density at radius 1 is 1.12 bits per heavy atom. The van der Waals surface area contributed by atoms with Crippen LogP contribution in [0.25, 0.3) is 0 Å². The van der Waals surface area contributed by atoms with Gasteiger partial charge in [-0.15, -0.1) is 0 Å². The normalized spacial score (nSPS) is 23.7. The summed E-state index contributed by atoms with van der Waals surface area (Å²) in [5, 5.41) is 14.3. The van der Waals surface area contributed by atoms with Crippen LogP contribution in [0.15, 0.2) is 60.8 Å². The van der Waals surface area contributed by atoms with Gasteiger partial charge in [0, 0.05) is 28.9 Å². The standard InChI is InChI=1S/C35H39ClF2N2O3/c1-22(21-43-29-11-17-39-31-30(29)23(2)10-12-35(31,37)38)18-25-19-24-6-3-4-9-28(24)33(25)13-15-34(16-14-33,32(41)42)40-27-8-5-7-26(36)20-27/h3-9,11,17,20,22-23,25,40H,10,12-16,18-19,21H2,1-2H3,(H,41,42)/t22-,23-,25?,33?,34?/m1/s1. The number of pyridine rings is 1. The second kappa shape index (κ2) is 11.4. The summed E-state index contributed by atoms with van der Waals surface area (Å²) in [4.78, 5) is 16.7. The first-order valence-corrected chi connectivity index (χ1v) is 15.8. The molecule has 6 rings (SSSR count). The van der Waals surface area contributed by atoms with Gasteiger partial charge in [-0.3, -0.25) is 4.98 Å². The number of aromatic nitrogens is 1. The Balaban J connectivity index is 1.20. The number of carboxylic acids is 1. The Morgan fingerprint density at radius 2 is 1.88 bits per heavy atom. The van der Waals surface area contributed by atoms with Gasteiger partial charge in [0.1, 0.15) is 17.0 Å². The lowest BCUT2D eigenvalue weighted by molar-refractivity contribution is -0.144. The molecular formula is C35H39ClF2N2O3. The maximum Gasteiger partial charge on any atom is 0.329 e. The van der Waals surface area contributed by atoms with E-state index in [1.165, 1.54) is 17.3 Å². The number of nitrogens with one attached hydrogen (secondary N) is 1. The quantitative estimate of drug-likeness (QED) is 0.267. The smallest absolute Gasteiger partial charge is 0.329 e. The average Bonchev–Trinajstić information content (AvgIpc) is 3.27. The van der Waals surface area contributed by atoms with Crippen molar-refractivity contribution in [2.75, 3.05) is 11.9 Å². The third-order valence-corrected chi connectivity index (χ3v) is 10.5. The molecule has 8 heteroatoms. The number of carbonyl (C=O) groups is 1. The first-order valence-electron chi connectivity index (χ1n) is 15.4. The van der Waals surface area contributed by atoms with E-state index in [1.54, 1.807) is 18.2 Å². The molecule has 0 amide bonds. The summed E-state index contributed by atoms with van der Waals surface area (Å²) in [6.45, 7) is 4.55. The van der Waals surface area contributed by atoms with Gasteiger partial charge in [-0.2, -0.15) is 8.78 Å². The lowest BCUT2D eigenvalue weighted by atomic mass is 9.59. The lowest BCUT2D eigenvalue weighted by Gasteiger charge is -2.47. The van der Waals surface area contributed by atoms with Crippen molar-refractivity contribution in [1.82, 2.24) is 4.98 Å². The minimum atomic E-state index is -2.93. The highest BCUT2D eigenvalue weighted by Crippen LogP contribution is 2.56. The van der Waals surface area contributed by atoms with E-state index < -0.39 is 17.4 Å². The topological polar surface area (TPSA) is 71.5 Å². The van der Waals surface area contributed by atoms with Gasteiger partial charge in [0.25, 0.3) is 5.92 Å². The number of benzene rings is 2. The molecule has 1 spiro atoms. The van der Waals surface area contributed by atoms with Crippen LogP contribution >= 0.6 is 11.6 Å². The highest BCUT2D eigenvalue weighted by atomic mass is 35.5. The number of nitrogens with zero attached hydrogens (tertiary/aromatic N) is 1. The molecule has 2 aromatic carbocycles. The zero-order chi connectivity index (χ0) is 30.4. The average molecular weight is 609 g/mol. The molecule has 1 unspecified atom stereocenters. The Morgan fingerprint density at radius 3 is 2.63 bits per heavy atom. The molecule has 5 nitrogen and oxygen atoms in total. The van der Waals surface area contributed by atoms with E-state index >= 15 is 0 Å². The van der Waals surface area contributed by atoms with Crippen molar-refractivity contribution in [3.05, 3.63) is 88.2 Å². The number of aliphatic carboxylic acids is 1. The maximum atomic E-state index is 14.6. The Kier molecular flexibility index (Phi) is 7.91. The van der Waals surface area contributed by atoms with Crippen LogP contribution in [-0.4, -0.2) is 28.2 Å². The molecule has 1 fully saturated rings. The molecular weight excluding hydrogens is 570 g/mol. The number of anilines is 1. The summed E-state index contributed by atoms with van der Waals surface area (Å²) < 4.78 is 35.5. The summed E-state index contributed by atoms with van der Waals surface area (Å²) in [6, 6.07) is 17.5. The predicted molar refractivity (Wildman–Crippen MR) is 164 cm³/mol. The molecule has 0 saturated heterocycles. The molecule has 228 valence electrons. The van der Waals surface area contributed by atoms with E-state index in [0.717, 1.165) is 25.7 Å². The summed E-state index contributed by atoms with van der Waals surface area (Å²) >= 11 is 6.19. The van der Waals surface area contributed by atoms with E-state index in [1.807, 2.05) is 19.1 Å². The van der Waals surface area contributed by atoms with Crippen molar-refractivity contribution in [2.24, 2.45) is 11.8 Å². The summed E-state index contributed by atoms with van der Waals surface area (Å²) in [5.74, 6) is -2.77. The number of hydrogen-bond acceptors (Lipinski definition) is 4. The fourth-order valence-corrected chi connectivity index (χ4v) is 8.19. The second-order valence-corrected chi connectivity index (χ2v) is 13.5. The first-order chi connectivity index (χ1) is 20.5. The van der Waals surface area contributed by atoms with Gasteiger partial charge < -0.3 is 15.2 Å². The fraction of sp³-hybridized carbons (Fsp3) is 0.486. The Hall–Kier alpha value is -3.19. The lowest BCUT2D eigenvalue weighted by Crippen LogP contribution is -2.53. The van der Waals surface area contributed by atoms with Gasteiger partial charge in [-0.25, -0.2) is 4.79 Å². The largest absolute Gasteiger partial charge is 0.493 e. The van der Waals surface area contributed by atoms with Crippen LogP contribution < -0.4 is 10.1 Å². The molecule has 1 heterocycles. The number of alkyl halides is 2. The van der Waals surface area contributed by atoms with Crippen molar-refractivity contribution in [3.8, 4) is 5.75 Å². The Bertz CT molecular complexity index is 1500. The van der Waals surface area contributed by atoms with E-state index in [4.69, 9.17) is 16.3 Å². The molecule has 2 N–H and O–H groups in total. The molecule has 3 atom stereocenters. The highest BCUT2D eigenvalue weighted by molar-refractivity contribution is 6.30. The third-order valence-electron chi connectivity index (χ3n) is 10.3. The van der Waals surface area contributed by atoms with Crippen LogP contribution in [0, 0.1) is 11.8 Å². The van der Waals surface area contributed by atoms with Crippen molar-refractivity contribution >= 4 is 23.3 Å². The number of carboxylic acid groups (broad SMARTS) is 1. The molecule has 3 aliphatic carbocycles. The molecule has 0 radical (unpaired) electrons. The minimum absolute atomic E-state index is 0.0292. The number of fused-ring (bicyclic) bond motifs is 3. The van der Waals surface area contributed by atoms with Crippen molar-refractivity contribution in [2.45, 2.75) is 88.0 Å². The highest BCUT2D eigenvalue weighted by Gasteiger charge is 2.54. The fourth-order valence-electron chi connectivity index (χ4n) is 8.00. The zero-order valence-corrected chi connectivity index (χ0v) is 25.5. The minimum Gasteiger partial charge on any atom is -0.493 e. The number of halogens is 3. The van der Waals surface area contributed by atoms with E-state index in [0.29, 0.717) is 53.8 Å². The summed E-state index contributed by atoms with van der Waals surface area (Å²) in [6.07, 6.45) is 6.01. The second-order valence-electron chi connectivity index (χ2n) is 13.1. The van der Waals surface area contributed by atoms with Crippen molar-refractivity contribution in [3.63, 3.8) is 0 Å². The van der Waals surface area contributed by atoms with Gasteiger partial charge in [0.15, 0.2) is 0 Å². The van der Waals surface area contributed by atoms with E-state index in [2.05, 4.69) is 41.5 Å². The van der Waals surface area contributed by atoms with E-state index in [-0.39, 0.29) is 29.4 Å². The predicted octanol–water partition coefficient (Wildman–Crippen LogP) is 8.75. The zero-order valence-electron chi connectivity index (χ0n) is 24.7. The number of rotatable bonds is 8. The van der Waals surface area contributed by atoms with Gasteiger partial charge in [0.05, 0.1) is 6.61 Å². The first kappa shape index (κ1) is 29.9.